The number of hydrogen-bond donors (Lipinski definition) is 0. The fourth-order valence-electron chi connectivity index (χ4n) is 3.26. The van der Waals surface area contributed by atoms with Crippen LogP contribution in [0.3, 0.4) is 0 Å². The second kappa shape index (κ2) is 10.4. The number of hydrogen-bond acceptors (Lipinski definition) is 5. The van der Waals surface area contributed by atoms with E-state index in [0.29, 0.717) is 36.0 Å². The summed E-state index contributed by atoms with van der Waals surface area (Å²) < 4.78 is 22.4. The maximum Gasteiger partial charge on any atom is 0.254 e. The molecule has 0 aromatic heterocycles. The Morgan fingerprint density at radius 1 is 0.806 bits per heavy atom. The Labute approximate surface area is 182 Å². The van der Waals surface area contributed by atoms with Crippen LogP contribution in [0.15, 0.2) is 66.7 Å². The highest BCUT2D eigenvalue weighted by molar-refractivity contribution is 5.95. The molecule has 0 heterocycles. The lowest BCUT2D eigenvalue weighted by Gasteiger charge is -2.21. The zero-order valence-corrected chi connectivity index (χ0v) is 18.3. The van der Waals surface area contributed by atoms with E-state index in [0.717, 1.165) is 16.9 Å². The summed E-state index contributed by atoms with van der Waals surface area (Å²) in [6, 6.07) is 20.8. The van der Waals surface area contributed by atoms with Crippen LogP contribution >= 0.6 is 0 Å². The van der Waals surface area contributed by atoms with Crippen molar-refractivity contribution in [3.63, 3.8) is 0 Å². The Morgan fingerprint density at radius 3 is 2.00 bits per heavy atom. The van der Waals surface area contributed by atoms with Crippen molar-refractivity contribution in [1.82, 2.24) is 4.90 Å². The molecule has 162 valence electrons. The van der Waals surface area contributed by atoms with E-state index in [1.54, 1.807) is 31.2 Å². The second-order valence-corrected chi connectivity index (χ2v) is 6.96. The molecule has 0 aliphatic rings. The summed E-state index contributed by atoms with van der Waals surface area (Å²) >= 11 is 0. The number of carbonyl (C=O) groups excluding carboxylic acids is 1. The summed E-state index contributed by atoms with van der Waals surface area (Å²) in [5, 5.41) is 0. The second-order valence-electron chi connectivity index (χ2n) is 6.96. The van der Waals surface area contributed by atoms with Crippen molar-refractivity contribution in [2.45, 2.75) is 13.2 Å². The summed E-state index contributed by atoms with van der Waals surface area (Å²) in [5.74, 6) is 1.89. The molecule has 0 spiro atoms. The van der Waals surface area contributed by atoms with E-state index >= 15 is 0 Å². The van der Waals surface area contributed by atoms with Crippen LogP contribution in [0.5, 0.6) is 23.0 Å². The molecule has 0 saturated carbocycles. The minimum atomic E-state index is -0.169. The number of ether oxygens (including phenoxy) is 4. The number of nitrogens with zero attached hydrogens (tertiary/aromatic N) is 1. The molecule has 0 bridgehead atoms. The Bertz CT molecular complexity index is 994. The zero-order chi connectivity index (χ0) is 22.2. The van der Waals surface area contributed by atoms with Gasteiger partial charge in [-0.05, 0) is 23.8 Å². The Morgan fingerprint density at radius 2 is 1.39 bits per heavy atom. The minimum absolute atomic E-state index is 0.169. The first-order valence-corrected chi connectivity index (χ1v) is 9.87. The molecule has 0 saturated heterocycles. The van der Waals surface area contributed by atoms with E-state index in [1.807, 2.05) is 54.6 Å². The first kappa shape index (κ1) is 22.0. The molecule has 6 heteroatoms. The highest BCUT2D eigenvalue weighted by Crippen LogP contribution is 2.39. The molecule has 3 rings (SSSR count). The van der Waals surface area contributed by atoms with Gasteiger partial charge in [0.1, 0.15) is 12.4 Å². The van der Waals surface area contributed by atoms with Gasteiger partial charge in [0.05, 0.1) is 21.3 Å². The summed E-state index contributed by atoms with van der Waals surface area (Å²) in [6.45, 7) is 0.758. The fourth-order valence-corrected chi connectivity index (χ4v) is 3.26. The van der Waals surface area contributed by atoms with E-state index < -0.39 is 0 Å². The first-order valence-electron chi connectivity index (χ1n) is 9.87. The van der Waals surface area contributed by atoms with E-state index in [9.17, 15) is 4.79 Å². The molecule has 0 atom stereocenters. The lowest BCUT2D eigenvalue weighted by molar-refractivity contribution is 0.0783. The molecular weight excluding hydrogens is 394 g/mol. The molecule has 3 aromatic carbocycles. The van der Waals surface area contributed by atoms with Crippen LogP contribution in [0.4, 0.5) is 0 Å². The topological polar surface area (TPSA) is 57.2 Å². The largest absolute Gasteiger partial charge is 0.496 e. The molecule has 1 amide bonds. The highest BCUT2D eigenvalue weighted by Gasteiger charge is 2.21. The molecule has 0 unspecified atom stereocenters. The fraction of sp³-hybridized carbons (Fsp3) is 0.240. The van der Waals surface area contributed by atoms with Crippen molar-refractivity contribution in [3.8, 4) is 23.0 Å². The third-order valence-electron chi connectivity index (χ3n) is 4.88. The standard InChI is InChI=1S/C25H27NO5/c1-26(16-19-12-8-9-13-21(19)28-2)25(27)20-14-22(29-3)24(23(15-20)30-4)31-17-18-10-6-5-7-11-18/h5-15H,16-17H2,1-4H3. The lowest BCUT2D eigenvalue weighted by Crippen LogP contribution is -2.26. The van der Waals surface area contributed by atoms with Gasteiger partial charge in [0, 0.05) is 24.7 Å². The average Bonchev–Trinajstić information content (AvgIpc) is 2.82. The molecule has 0 aliphatic heterocycles. The minimum Gasteiger partial charge on any atom is -0.496 e. The van der Waals surface area contributed by atoms with Crippen LogP contribution in [0.2, 0.25) is 0 Å². The van der Waals surface area contributed by atoms with Gasteiger partial charge in [0.25, 0.3) is 5.91 Å². The van der Waals surface area contributed by atoms with Crippen molar-refractivity contribution in [2.24, 2.45) is 0 Å². The number of para-hydroxylation sites is 1. The zero-order valence-electron chi connectivity index (χ0n) is 18.3. The van der Waals surface area contributed by atoms with E-state index in [1.165, 1.54) is 14.2 Å². The first-order chi connectivity index (χ1) is 15.1. The van der Waals surface area contributed by atoms with E-state index in [-0.39, 0.29) is 5.91 Å². The van der Waals surface area contributed by atoms with Crippen molar-refractivity contribution in [1.29, 1.82) is 0 Å². The van der Waals surface area contributed by atoms with Gasteiger partial charge in [0.2, 0.25) is 5.75 Å². The summed E-state index contributed by atoms with van der Waals surface area (Å²) in [5.41, 5.74) is 2.38. The van der Waals surface area contributed by atoms with Crippen LogP contribution in [-0.2, 0) is 13.2 Å². The Hall–Kier alpha value is -3.67. The molecule has 0 radical (unpaired) electrons. The maximum atomic E-state index is 13.1. The highest BCUT2D eigenvalue weighted by atomic mass is 16.5. The van der Waals surface area contributed by atoms with Crippen molar-refractivity contribution in [2.75, 3.05) is 28.4 Å². The smallest absolute Gasteiger partial charge is 0.254 e. The van der Waals surface area contributed by atoms with E-state index in [4.69, 9.17) is 18.9 Å². The predicted octanol–water partition coefficient (Wildman–Crippen LogP) is 4.56. The van der Waals surface area contributed by atoms with Gasteiger partial charge in [0.15, 0.2) is 11.5 Å². The van der Waals surface area contributed by atoms with Crippen molar-refractivity contribution < 1.29 is 23.7 Å². The van der Waals surface area contributed by atoms with Gasteiger partial charge in [-0.2, -0.15) is 0 Å². The van der Waals surface area contributed by atoms with Crippen molar-refractivity contribution >= 4 is 5.91 Å². The van der Waals surface area contributed by atoms with Gasteiger partial charge in [-0.25, -0.2) is 0 Å². The Balaban J connectivity index is 1.83. The summed E-state index contributed by atoms with van der Waals surface area (Å²) in [6.07, 6.45) is 0. The molecule has 0 fully saturated rings. The number of amides is 1. The van der Waals surface area contributed by atoms with Crippen LogP contribution in [0.1, 0.15) is 21.5 Å². The maximum absolute atomic E-state index is 13.1. The number of carbonyl (C=O) groups is 1. The summed E-state index contributed by atoms with van der Waals surface area (Å²) in [4.78, 5) is 14.7. The van der Waals surface area contributed by atoms with Crippen molar-refractivity contribution in [3.05, 3.63) is 83.4 Å². The van der Waals surface area contributed by atoms with Crippen LogP contribution in [-0.4, -0.2) is 39.2 Å². The van der Waals surface area contributed by atoms with Crippen LogP contribution in [0, 0.1) is 0 Å². The quantitative estimate of drug-likeness (QED) is 0.507. The number of benzene rings is 3. The van der Waals surface area contributed by atoms with Gasteiger partial charge in [-0.1, -0.05) is 48.5 Å². The van der Waals surface area contributed by atoms with Gasteiger partial charge >= 0.3 is 0 Å². The monoisotopic (exact) mass is 421 g/mol. The molecule has 31 heavy (non-hydrogen) atoms. The van der Waals surface area contributed by atoms with Crippen LogP contribution in [0.25, 0.3) is 0 Å². The lowest BCUT2D eigenvalue weighted by atomic mass is 10.1. The number of rotatable bonds is 9. The Kier molecular flexibility index (Phi) is 7.38. The predicted molar refractivity (Wildman–Crippen MR) is 119 cm³/mol. The molecular formula is C25H27NO5. The SMILES string of the molecule is COc1ccccc1CN(C)C(=O)c1cc(OC)c(OCc2ccccc2)c(OC)c1. The molecule has 6 nitrogen and oxygen atoms in total. The third-order valence-corrected chi connectivity index (χ3v) is 4.88. The molecule has 0 aliphatic carbocycles. The average molecular weight is 421 g/mol. The molecule has 3 aromatic rings. The van der Waals surface area contributed by atoms with E-state index in [2.05, 4.69) is 0 Å². The number of methoxy groups -OCH3 is 3. The van der Waals surface area contributed by atoms with Gasteiger partial charge < -0.3 is 23.8 Å². The van der Waals surface area contributed by atoms with Gasteiger partial charge in [-0.3, -0.25) is 4.79 Å². The van der Waals surface area contributed by atoms with Crippen LogP contribution < -0.4 is 18.9 Å². The molecule has 0 N–H and O–H groups in total. The third kappa shape index (κ3) is 5.28. The van der Waals surface area contributed by atoms with Gasteiger partial charge in [-0.15, -0.1) is 0 Å². The normalized spacial score (nSPS) is 10.3. The summed E-state index contributed by atoms with van der Waals surface area (Å²) in [7, 11) is 6.44.